The van der Waals surface area contributed by atoms with Crippen LogP contribution in [0.15, 0.2) is 36.7 Å². The Labute approximate surface area is 254 Å². The largest absolute Gasteiger partial charge is 0.476 e. The fraction of sp³-hybridized carbons (Fsp3) is 0.545. The second kappa shape index (κ2) is 12.5. The van der Waals surface area contributed by atoms with Gasteiger partial charge in [0.25, 0.3) is 5.91 Å². The van der Waals surface area contributed by atoms with Crippen LogP contribution in [0.25, 0.3) is 0 Å². The molecule has 0 bridgehead atoms. The predicted molar refractivity (Wildman–Crippen MR) is 165 cm³/mol. The van der Waals surface area contributed by atoms with Crippen molar-refractivity contribution < 1.29 is 13.9 Å². The molecule has 2 aromatic rings. The van der Waals surface area contributed by atoms with Crippen molar-refractivity contribution in [3.63, 3.8) is 0 Å². The lowest BCUT2D eigenvalue weighted by atomic mass is 9.94. The Bertz CT molecular complexity index is 1420. The van der Waals surface area contributed by atoms with E-state index in [1.807, 2.05) is 0 Å². The maximum atomic E-state index is 13.8. The minimum atomic E-state index is -0.992. The van der Waals surface area contributed by atoms with Gasteiger partial charge in [0.05, 0.1) is 18.5 Å². The van der Waals surface area contributed by atoms with Gasteiger partial charge >= 0.3 is 0 Å². The van der Waals surface area contributed by atoms with Crippen molar-refractivity contribution in [1.29, 1.82) is 5.26 Å². The number of rotatable bonds is 7. The molecule has 4 aliphatic heterocycles. The van der Waals surface area contributed by atoms with E-state index in [-0.39, 0.29) is 6.42 Å². The highest BCUT2D eigenvalue weighted by molar-refractivity contribution is 5.91. The zero-order valence-corrected chi connectivity index (χ0v) is 25.4. The number of carbonyl (C=O) groups is 1. The highest BCUT2D eigenvalue weighted by Crippen LogP contribution is 2.37. The molecule has 0 aliphatic carbocycles. The number of hydrogen-bond acceptors (Lipinski definition) is 8. The number of halogens is 1. The molecule has 1 amide bonds. The van der Waals surface area contributed by atoms with Gasteiger partial charge in [-0.2, -0.15) is 10.2 Å². The number of anilines is 2. The fourth-order valence-corrected chi connectivity index (χ4v) is 7.19. The molecule has 1 aromatic heterocycles. The van der Waals surface area contributed by atoms with Gasteiger partial charge in [-0.1, -0.05) is 18.7 Å². The predicted octanol–water partition coefficient (Wildman–Crippen LogP) is 3.52. The van der Waals surface area contributed by atoms with E-state index < -0.39 is 17.8 Å². The number of hydrogen-bond donors (Lipinski definition) is 0. The fourth-order valence-electron chi connectivity index (χ4n) is 7.19. The lowest BCUT2D eigenvalue weighted by molar-refractivity contribution is -0.131. The maximum Gasteiger partial charge on any atom is 0.282 e. The van der Waals surface area contributed by atoms with E-state index in [1.165, 1.54) is 39.3 Å². The maximum absolute atomic E-state index is 13.8. The Kier molecular flexibility index (Phi) is 8.55. The molecule has 2 fully saturated rings. The van der Waals surface area contributed by atoms with Crippen molar-refractivity contribution in [2.24, 2.45) is 0 Å². The average molecular weight is 588 g/mol. The van der Waals surface area contributed by atoms with E-state index in [4.69, 9.17) is 9.72 Å². The summed E-state index contributed by atoms with van der Waals surface area (Å²) in [6.07, 6.45) is 4.30. The Balaban J connectivity index is 1.31. The quantitative estimate of drug-likeness (QED) is 0.456. The molecule has 10 heteroatoms. The number of pyridine rings is 1. The molecule has 5 heterocycles. The van der Waals surface area contributed by atoms with E-state index in [2.05, 4.69) is 70.6 Å². The van der Waals surface area contributed by atoms with Crippen molar-refractivity contribution in [2.75, 3.05) is 69.8 Å². The molecule has 0 saturated carbocycles. The second-order valence-corrected chi connectivity index (χ2v) is 12.4. The number of carbonyl (C=O) groups excluding carboxylic acids is 1. The molecule has 2 saturated heterocycles. The molecular formula is C33H42FN7O2. The number of likely N-dealkylation sites (tertiary alicyclic amines) is 1. The first-order valence-corrected chi connectivity index (χ1v) is 15.5. The lowest BCUT2D eigenvalue weighted by Gasteiger charge is -2.42. The molecular weight excluding hydrogens is 545 g/mol. The van der Waals surface area contributed by atoms with Crippen LogP contribution in [-0.2, 0) is 30.7 Å². The van der Waals surface area contributed by atoms with Gasteiger partial charge in [0, 0.05) is 69.2 Å². The topological polar surface area (TPSA) is 79.2 Å². The summed E-state index contributed by atoms with van der Waals surface area (Å²) in [4.78, 5) is 28.4. The number of fused-ring (bicyclic) bond motifs is 2. The van der Waals surface area contributed by atoms with Crippen molar-refractivity contribution in [2.45, 2.75) is 57.3 Å². The number of likely N-dealkylation sites (N-methyl/N-ethyl adjacent to an activating group) is 2. The number of ether oxygens (including phenoxy) is 1. The summed E-state index contributed by atoms with van der Waals surface area (Å²) in [5.74, 6) is -0.261. The van der Waals surface area contributed by atoms with Gasteiger partial charge in [-0.05, 0) is 69.1 Å². The minimum Gasteiger partial charge on any atom is -0.476 e. The minimum absolute atomic E-state index is 0.114. The van der Waals surface area contributed by atoms with Crippen molar-refractivity contribution in [1.82, 2.24) is 19.7 Å². The van der Waals surface area contributed by atoms with Crippen LogP contribution in [0.2, 0.25) is 0 Å². The number of benzene rings is 1. The van der Waals surface area contributed by atoms with Gasteiger partial charge in [-0.25, -0.2) is 4.39 Å². The van der Waals surface area contributed by atoms with E-state index in [0.717, 1.165) is 57.8 Å². The van der Waals surface area contributed by atoms with E-state index >= 15 is 0 Å². The molecule has 228 valence electrons. The third kappa shape index (κ3) is 6.06. The van der Waals surface area contributed by atoms with Gasteiger partial charge in [0.15, 0.2) is 5.83 Å². The molecule has 0 radical (unpaired) electrons. The van der Waals surface area contributed by atoms with Crippen LogP contribution >= 0.6 is 0 Å². The van der Waals surface area contributed by atoms with Crippen LogP contribution in [0.5, 0.6) is 5.88 Å². The molecule has 6 rings (SSSR count). The summed E-state index contributed by atoms with van der Waals surface area (Å²) >= 11 is 0. The summed E-state index contributed by atoms with van der Waals surface area (Å²) < 4.78 is 20.2. The summed E-state index contributed by atoms with van der Waals surface area (Å²) in [6, 6.07) is 10.9. The summed E-state index contributed by atoms with van der Waals surface area (Å²) in [7, 11) is 4.33. The standard InChI is InChI=1S/C33H42FN7O2/c1-23(34)33(42)41-17-16-40(20-26(41)9-12-35)32-28-11-15-39(30-8-4-6-24-10-14-37(2)21-29(24)30)19-25(28)18-31(36-32)43-22-27-7-5-13-38(27)3/h4,6,8,18,26-27H,1,5,7,9-11,13-17,19-22H2,2-3H3/t26-,27-/m0/s1. The number of aromatic nitrogens is 1. The van der Waals surface area contributed by atoms with Crippen LogP contribution in [0, 0.1) is 11.3 Å². The first kappa shape index (κ1) is 29.4. The summed E-state index contributed by atoms with van der Waals surface area (Å²) in [5.41, 5.74) is 6.54. The van der Waals surface area contributed by atoms with Crippen LogP contribution in [0.1, 0.15) is 41.5 Å². The lowest BCUT2D eigenvalue weighted by Crippen LogP contribution is -2.55. The molecule has 0 N–H and O–H groups in total. The van der Waals surface area contributed by atoms with Crippen molar-refractivity contribution >= 4 is 17.4 Å². The van der Waals surface area contributed by atoms with Crippen LogP contribution in [0.4, 0.5) is 15.9 Å². The Morgan fingerprint density at radius 2 is 1.93 bits per heavy atom. The summed E-state index contributed by atoms with van der Waals surface area (Å²) in [5, 5.41) is 9.51. The average Bonchev–Trinajstić information content (AvgIpc) is 3.43. The Morgan fingerprint density at radius 3 is 2.70 bits per heavy atom. The van der Waals surface area contributed by atoms with Crippen LogP contribution < -0.4 is 14.5 Å². The summed E-state index contributed by atoms with van der Waals surface area (Å²) in [6.45, 7) is 9.73. The van der Waals surface area contributed by atoms with Crippen molar-refractivity contribution in [3.8, 4) is 11.9 Å². The molecule has 1 aromatic carbocycles. The normalized spacial score (nSPS) is 22.6. The highest BCUT2D eigenvalue weighted by atomic mass is 19.1. The number of nitriles is 1. The number of piperazine rings is 1. The molecule has 9 nitrogen and oxygen atoms in total. The van der Waals surface area contributed by atoms with Gasteiger partial charge < -0.3 is 29.2 Å². The van der Waals surface area contributed by atoms with Gasteiger partial charge in [0.1, 0.15) is 12.4 Å². The number of amides is 1. The van der Waals surface area contributed by atoms with E-state index in [1.54, 1.807) is 0 Å². The van der Waals surface area contributed by atoms with Gasteiger partial charge in [0.2, 0.25) is 5.88 Å². The van der Waals surface area contributed by atoms with E-state index in [9.17, 15) is 14.4 Å². The molecule has 43 heavy (non-hydrogen) atoms. The molecule has 4 aliphatic rings. The highest BCUT2D eigenvalue weighted by Gasteiger charge is 2.35. The van der Waals surface area contributed by atoms with Crippen LogP contribution in [0.3, 0.4) is 0 Å². The molecule has 2 atom stereocenters. The van der Waals surface area contributed by atoms with Gasteiger partial charge in [-0.3, -0.25) is 4.79 Å². The zero-order valence-electron chi connectivity index (χ0n) is 25.4. The Hall–Kier alpha value is -3.68. The first-order chi connectivity index (χ1) is 20.8. The van der Waals surface area contributed by atoms with Crippen LogP contribution in [-0.4, -0.2) is 97.6 Å². The third-order valence-corrected chi connectivity index (χ3v) is 9.64. The third-order valence-electron chi connectivity index (χ3n) is 9.64. The van der Waals surface area contributed by atoms with E-state index in [0.29, 0.717) is 38.2 Å². The molecule has 0 unspecified atom stereocenters. The van der Waals surface area contributed by atoms with Gasteiger partial charge in [-0.15, -0.1) is 0 Å². The van der Waals surface area contributed by atoms with Crippen molar-refractivity contribution in [3.05, 3.63) is 58.9 Å². The SMILES string of the molecule is C=C(F)C(=O)N1CCN(c2nc(OC[C@@H]3CCCN3C)cc3c2CCN(c2cccc4c2CN(C)CC4)C3)C[C@@H]1CC#N. The zero-order chi connectivity index (χ0) is 30.1. The number of nitrogens with zero attached hydrogens (tertiary/aromatic N) is 7. The molecule has 0 spiro atoms. The second-order valence-electron chi connectivity index (χ2n) is 12.4. The Morgan fingerprint density at radius 1 is 1.07 bits per heavy atom. The smallest absolute Gasteiger partial charge is 0.282 e. The first-order valence-electron chi connectivity index (χ1n) is 15.5. The monoisotopic (exact) mass is 587 g/mol.